The summed E-state index contributed by atoms with van der Waals surface area (Å²) in [5.41, 5.74) is 0.627. The molecule has 1 aromatic carbocycles. The zero-order valence-electron chi connectivity index (χ0n) is 11.0. The molecule has 1 aromatic heterocycles. The average molecular weight is 280 g/mol. The summed E-state index contributed by atoms with van der Waals surface area (Å²) in [5, 5.41) is 7.83. The number of aromatic nitrogens is 3. The lowest BCUT2D eigenvalue weighted by Gasteiger charge is -2.10. The van der Waals surface area contributed by atoms with E-state index in [0.29, 0.717) is 11.5 Å². The quantitative estimate of drug-likeness (QED) is 0.925. The van der Waals surface area contributed by atoms with Gasteiger partial charge in [-0.25, -0.2) is 13.1 Å². The van der Waals surface area contributed by atoms with Gasteiger partial charge in [0, 0.05) is 13.0 Å². The van der Waals surface area contributed by atoms with Gasteiger partial charge in [-0.2, -0.15) is 0 Å². The van der Waals surface area contributed by atoms with Gasteiger partial charge in [0.05, 0.1) is 4.90 Å². The Morgan fingerprint density at radius 2 is 1.84 bits per heavy atom. The van der Waals surface area contributed by atoms with Crippen molar-refractivity contribution >= 4 is 15.8 Å². The molecule has 102 valence electrons. The predicted octanol–water partition coefficient (Wildman–Crippen LogP) is 1.74. The van der Waals surface area contributed by atoms with Crippen molar-refractivity contribution in [1.29, 1.82) is 0 Å². The Bertz CT molecular complexity index is 662. The van der Waals surface area contributed by atoms with Crippen molar-refractivity contribution in [3.63, 3.8) is 0 Å². The van der Waals surface area contributed by atoms with E-state index in [1.807, 2.05) is 13.8 Å². The molecule has 7 heteroatoms. The van der Waals surface area contributed by atoms with E-state index in [-0.39, 0.29) is 10.8 Å². The second-order valence-corrected chi connectivity index (χ2v) is 6.20. The normalized spacial score (nSPS) is 11.8. The fourth-order valence-corrected chi connectivity index (χ4v) is 2.79. The molecule has 1 N–H and O–H groups in total. The molecule has 0 aliphatic heterocycles. The Kier molecular flexibility index (Phi) is 3.57. The third-order valence-corrected chi connectivity index (χ3v) is 4.04. The van der Waals surface area contributed by atoms with Crippen LogP contribution in [0, 0.1) is 0 Å². The molecule has 2 rings (SSSR count). The molecular weight excluding hydrogens is 264 g/mol. The van der Waals surface area contributed by atoms with Crippen LogP contribution in [0.25, 0.3) is 0 Å². The standard InChI is InChI=1S/C12H16N4O2S/c1-9(2)11-12(16(3)15-13-11)14-19(17,18)10-7-5-4-6-8-10/h4-9,14H,1-3H3. The third-order valence-electron chi connectivity index (χ3n) is 2.68. The molecule has 6 nitrogen and oxygen atoms in total. The van der Waals surface area contributed by atoms with E-state index in [4.69, 9.17) is 0 Å². The molecule has 0 amide bonds. The molecule has 0 bridgehead atoms. The van der Waals surface area contributed by atoms with Gasteiger partial charge < -0.3 is 0 Å². The van der Waals surface area contributed by atoms with Gasteiger partial charge >= 0.3 is 0 Å². The molecule has 0 spiro atoms. The van der Waals surface area contributed by atoms with Crippen LogP contribution < -0.4 is 4.72 Å². The summed E-state index contributed by atoms with van der Waals surface area (Å²) in [5.74, 6) is 0.487. The van der Waals surface area contributed by atoms with Crippen LogP contribution in [-0.4, -0.2) is 23.4 Å². The molecular formula is C12H16N4O2S. The molecule has 2 aromatic rings. The van der Waals surface area contributed by atoms with Crippen LogP contribution in [0.1, 0.15) is 25.5 Å². The van der Waals surface area contributed by atoms with Gasteiger partial charge in [0.15, 0.2) is 5.82 Å². The summed E-state index contributed by atoms with van der Waals surface area (Å²) < 4.78 is 28.5. The van der Waals surface area contributed by atoms with Crippen molar-refractivity contribution in [2.45, 2.75) is 24.7 Å². The number of hydrogen-bond acceptors (Lipinski definition) is 4. The summed E-state index contributed by atoms with van der Waals surface area (Å²) in [7, 11) is -1.96. The first-order chi connectivity index (χ1) is 8.92. The SMILES string of the molecule is CC(C)c1nnn(C)c1NS(=O)(=O)c1ccccc1. The van der Waals surface area contributed by atoms with Crippen molar-refractivity contribution in [2.75, 3.05) is 4.72 Å². The Labute approximate surface area is 112 Å². The number of sulfonamides is 1. The van der Waals surface area contributed by atoms with Gasteiger partial charge in [-0.3, -0.25) is 4.72 Å². The van der Waals surface area contributed by atoms with Crippen LogP contribution in [0.4, 0.5) is 5.82 Å². The average Bonchev–Trinajstić information content (AvgIpc) is 2.72. The molecule has 0 saturated heterocycles. The number of rotatable bonds is 4. The summed E-state index contributed by atoms with van der Waals surface area (Å²) in [6.45, 7) is 3.87. The molecule has 0 aliphatic carbocycles. The monoisotopic (exact) mass is 280 g/mol. The molecule has 0 radical (unpaired) electrons. The van der Waals surface area contributed by atoms with Crippen LogP contribution in [0.5, 0.6) is 0 Å². The minimum atomic E-state index is -3.61. The lowest BCUT2D eigenvalue weighted by Crippen LogP contribution is -2.16. The fraction of sp³-hybridized carbons (Fsp3) is 0.333. The lowest BCUT2D eigenvalue weighted by molar-refractivity contribution is 0.600. The fourth-order valence-electron chi connectivity index (χ4n) is 1.67. The zero-order valence-corrected chi connectivity index (χ0v) is 11.8. The minimum Gasteiger partial charge on any atom is -0.262 e. The van der Waals surface area contributed by atoms with Gasteiger partial charge in [-0.05, 0) is 12.1 Å². The van der Waals surface area contributed by atoms with E-state index in [9.17, 15) is 8.42 Å². The van der Waals surface area contributed by atoms with Gasteiger partial charge in [-0.15, -0.1) is 5.10 Å². The first-order valence-electron chi connectivity index (χ1n) is 5.89. The number of anilines is 1. The molecule has 0 unspecified atom stereocenters. The van der Waals surface area contributed by atoms with Gasteiger partial charge in [-0.1, -0.05) is 37.3 Å². The highest BCUT2D eigenvalue weighted by atomic mass is 32.2. The minimum absolute atomic E-state index is 0.0853. The highest BCUT2D eigenvalue weighted by Crippen LogP contribution is 2.23. The Hall–Kier alpha value is -1.89. The molecule has 0 fully saturated rings. The zero-order chi connectivity index (χ0) is 14.0. The maximum absolute atomic E-state index is 12.2. The maximum atomic E-state index is 12.2. The third kappa shape index (κ3) is 2.76. The first-order valence-corrected chi connectivity index (χ1v) is 7.37. The second-order valence-electron chi connectivity index (χ2n) is 4.52. The van der Waals surface area contributed by atoms with Crippen molar-refractivity contribution < 1.29 is 8.42 Å². The van der Waals surface area contributed by atoms with Crippen molar-refractivity contribution in [3.05, 3.63) is 36.0 Å². The Morgan fingerprint density at radius 1 is 1.21 bits per heavy atom. The van der Waals surface area contributed by atoms with Crippen LogP contribution in [-0.2, 0) is 17.1 Å². The highest BCUT2D eigenvalue weighted by molar-refractivity contribution is 7.92. The number of nitrogens with one attached hydrogen (secondary N) is 1. The van der Waals surface area contributed by atoms with E-state index in [0.717, 1.165) is 0 Å². The number of hydrogen-bond donors (Lipinski definition) is 1. The first kappa shape index (κ1) is 13.5. The van der Waals surface area contributed by atoms with E-state index >= 15 is 0 Å². The summed E-state index contributed by atoms with van der Waals surface area (Å²) >= 11 is 0. The Morgan fingerprint density at radius 3 is 2.42 bits per heavy atom. The lowest BCUT2D eigenvalue weighted by atomic mass is 10.1. The number of nitrogens with zero attached hydrogens (tertiary/aromatic N) is 3. The van der Waals surface area contributed by atoms with Crippen molar-refractivity contribution in [1.82, 2.24) is 15.0 Å². The van der Waals surface area contributed by atoms with E-state index in [2.05, 4.69) is 15.0 Å². The molecule has 19 heavy (non-hydrogen) atoms. The van der Waals surface area contributed by atoms with E-state index < -0.39 is 10.0 Å². The van der Waals surface area contributed by atoms with Gasteiger partial charge in [0.1, 0.15) is 5.69 Å². The van der Waals surface area contributed by atoms with Crippen LogP contribution in [0.3, 0.4) is 0 Å². The van der Waals surface area contributed by atoms with Crippen molar-refractivity contribution in [3.8, 4) is 0 Å². The van der Waals surface area contributed by atoms with Crippen LogP contribution >= 0.6 is 0 Å². The smallest absolute Gasteiger partial charge is 0.262 e. The molecule has 0 aliphatic rings. The van der Waals surface area contributed by atoms with Gasteiger partial charge in [0.2, 0.25) is 0 Å². The largest absolute Gasteiger partial charge is 0.263 e. The predicted molar refractivity (Wildman–Crippen MR) is 72.3 cm³/mol. The van der Waals surface area contributed by atoms with Gasteiger partial charge in [0.25, 0.3) is 10.0 Å². The second kappa shape index (κ2) is 5.00. The topological polar surface area (TPSA) is 76.9 Å². The molecule has 0 saturated carbocycles. The Balaban J connectivity index is 2.39. The van der Waals surface area contributed by atoms with E-state index in [1.54, 1.807) is 37.4 Å². The molecule has 1 heterocycles. The summed E-state index contributed by atoms with van der Waals surface area (Å²) in [6, 6.07) is 8.21. The summed E-state index contributed by atoms with van der Waals surface area (Å²) in [4.78, 5) is 0.214. The van der Waals surface area contributed by atoms with Crippen molar-refractivity contribution in [2.24, 2.45) is 7.05 Å². The highest BCUT2D eigenvalue weighted by Gasteiger charge is 2.21. The van der Waals surface area contributed by atoms with Crippen LogP contribution in [0.2, 0.25) is 0 Å². The molecule has 0 atom stereocenters. The van der Waals surface area contributed by atoms with E-state index in [1.165, 1.54) is 4.68 Å². The number of benzene rings is 1. The van der Waals surface area contributed by atoms with Crippen LogP contribution in [0.15, 0.2) is 35.2 Å². The summed E-state index contributed by atoms with van der Waals surface area (Å²) in [6.07, 6.45) is 0. The number of aryl methyl sites for hydroxylation is 1. The maximum Gasteiger partial charge on any atom is 0.263 e.